The van der Waals surface area contributed by atoms with Crippen molar-refractivity contribution < 1.29 is 19.0 Å². The number of hydrogen-bond donors (Lipinski definition) is 2. The smallest absolute Gasteiger partial charge is 0.341 e. The molecule has 104 valence electrons. The Bertz CT molecular complexity index is 683. The van der Waals surface area contributed by atoms with Crippen LogP contribution in [0.1, 0.15) is 21.5 Å². The Kier molecular flexibility index (Phi) is 3.61. The van der Waals surface area contributed by atoms with Crippen molar-refractivity contribution >= 4 is 11.7 Å². The number of aromatic carboxylic acids is 1. The molecule has 4 nitrogen and oxygen atoms in total. The van der Waals surface area contributed by atoms with Gasteiger partial charge in [-0.25, -0.2) is 9.18 Å². The standard InChI is InChI=1S/C15H14FNO3/c1-8-3-4-9(2)12(7-8)20-11-6-5-10(16)14(17)13(11)15(18)19/h3-7H,17H2,1-2H3,(H,18,19). The summed E-state index contributed by atoms with van der Waals surface area (Å²) in [5, 5.41) is 9.15. The second-order valence-electron chi connectivity index (χ2n) is 4.51. The second kappa shape index (κ2) is 5.21. The summed E-state index contributed by atoms with van der Waals surface area (Å²) in [5.74, 6) is -1.58. The van der Waals surface area contributed by atoms with E-state index in [2.05, 4.69) is 0 Å². The van der Waals surface area contributed by atoms with Gasteiger partial charge in [-0.2, -0.15) is 0 Å². The quantitative estimate of drug-likeness (QED) is 0.841. The zero-order valence-corrected chi connectivity index (χ0v) is 11.1. The van der Waals surface area contributed by atoms with Crippen LogP contribution in [0.2, 0.25) is 0 Å². The molecule has 0 aliphatic rings. The first kappa shape index (κ1) is 13.9. The molecule has 0 heterocycles. The number of ether oxygens (including phenoxy) is 1. The number of anilines is 1. The van der Waals surface area contributed by atoms with Gasteiger partial charge in [0.05, 0.1) is 5.69 Å². The average molecular weight is 275 g/mol. The fourth-order valence-corrected chi connectivity index (χ4v) is 1.82. The minimum absolute atomic E-state index is 0.0186. The molecule has 2 rings (SSSR count). The van der Waals surface area contributed by atoms with E-state index in [4.69, 9.17) is 15.6 Å². The van der Waals surface area contributed by atoms with E-state index in [9.17, 15) is 9.18 Å². The van der Waals surface area contributed by atoms with Crippen LogP contribution in [0.25, 0.3) is 0 Å². The summed E-state index contributed by atoms with van der Waals surface area (Å²) >= 11 is 0. The maximum atomic E-state index is 13.4. The topological polar surface area (TPSA) is 72.5 Å². The minimum Gasteiger partial charge on any atom is -0.477 e. The van der Waals surface area contributed by atoms with E-state index in [-0.39, 0.29) is 11.3 Å². The molecule has 2 aromatic rings. The number of carboxylic acids is 1. The number of rotatable bonds is 3. The molecule has 0 atom stereocenters. The number of nitrogens with two attached hydrogens (primary N) is 1. The number of benzene rings is 2. The number of hydrogen-bond acceptors (Lipinski definition) is 3. The van der Waals surface area contributed by atoms with Gasteiger partial charge in [0.2, 0.25) is 0 Å². The Morgan fingerprint density at radius 2 is 1.90 bits per heavy atom. The molecular weight excluding hydrogens is 261 g/mol. The third kappa shape index (κ3) is 2.56. The molecule has 20 heavy (non-hydrogen) atoms. The number of nitrogen functional groups attached to an aromatic ring is 1. The van der Waals surface area contributed by atoms with E-state index < -0.39 is 17.5 Å². The minimum atomic E-state index is -1.33. The van der Waals surface area contributed by atoms with Gasteiger partial charge in [-0.05, 0) is 43.2 Å². The molecule has 0 bridgehead atoms. The highest BCUT2D eigenvalue weighted by atomic mass is 19.1. The van der Waals surface area contributed by atoms with Gasteiger partial charge in [-0.15, -0.1) is 0 Å². The van der Waals surface area contributed by atoms with E-state index in [1.807, 2.05) is 26.0 Å². The molecule has 5 heteroatoms. The normalized spacial score (nSPS) is 10.3. The Labute approximate surface area is 115 Å². The molecule has 0 aliphatic heterocycles. The molecular formula is C15H14FNO3. The predicted molar refractivity (Wildman–Crippen MR) is 73.8 cm³/mol. The Balaban J connectivity index is 2.51. The number of carbonyl (C=O) groups is 1. The van der Waals surface area contributed by atoms with Crippen molar-refractivity contribution in [1.29, 1.82) is 0 Å². The lowest BCUT2D eigenvalue weighted by molar-refractivity contribution is 0.0695. The summed E-state index contributed by atoms with van der Waals surface area (Å²) in [6.45, 7) is 3.73. The summed E-state index contributed by atoms with van der Waals surface area (Å²) < 4.78 is 18.9. The fraction of sp³-hybridized carbons (Fsp3) is 0.133. The van der Waals surface area contributed by atoms with E-state index in [1.165, 1.54) is 6.07 Å². The SMILES string of the molecule is Cc1ccc(C)c(Oc2ccc(F)c(N)c2C(=O)O)c1. The highest BCUT2D eigenvalue weighted by Crippen LogP contribution is 2.32. The summed E-state index contributed by atoms with van der Waals surface area (Å²) in [6, 6.07) is 7.90. The fourth-order valence-electron chi connectivity index (χ4n) is 1.82. The van der Waals surface area contributed by atoms with Crippen molar-refractivity contribution in [2.24, 2.45) is 0 Å². The first-order chi connectivity index (χ1) is 9.40. The molecule has 0 radical (unpaired) electrons. The van der Waals surface area contributed by atoms with Gasteiger partial charge >= 0.3 is 5.97 Å². The highest BCUT2D eigenvalue weighted by Gasteiger charge is 2.19. The monoisotopic (exact) mass is 275 g/mol. The van der Waals surface area contributed by atoms with Gasteiger partial charge in [0.15, 0.2) is 0 Å². The van der Waals surface area contributed by atoms with Crippen LogP contribution in [-0.4, -0.2) is 11.1 Å². The first-order valence-corrected chi connectivity index (χ1v) is 5.96. The lowest BCUT2D eigenvalue weighted by Gasteiger charge is -2.13. The lowest BCUT2D eigenvalue weighted by atomic mass is 10.1. The molecule has 0 spiro atoms. The van der Waals surface area contributed by atoms with Crippen molar-refractivity contribution in [1.82, 2.24) is 0 Å². The molecule has 0 aromatic heterocycles. The van der Waals surface area contributed by atoms with Crippen molar-refractivity contribution in [3.05, 3.63) is 52.8 Å². The van der Waals surface area contributed by atoms with Crippen LogP contribution in [0, 0.1) is 19.7 Å². The summed E-state index contributed by atoms with van der Waals surface area (Å²) in [5.41, 5.74) is 6.48. The van der Waals surface area contributed by atoms with Gasteiger partial charge in [0, 0.05) is 0 Å². The summed E-state index contributed by atoms with van der Waals surface area (Å²) in [4.78, 5) is 11.2. The molecule has 0 aliphatic carbocycles. The largest absolute Gasteiger partial charge is 0.477 e. The Morgan fingerprint density at radius 3 is 2.55 bits per heavy atom. The number of halogens is 1. The van der Waals surface area contributed by atoms with Crippen molar-refractivity contribution in [3.8, 4) is 11.5 Å². The van der Waals surface area contributed by atoms with Gasteiger partial charge in [-0.1, -0.05) is 12.1 Å². The highest BCUT2D eigenvalue weighted by molar-refractivity contribution is 5.97. The van der Waals surface area contributed by atoms with Crippen molar-refractivity contribution in [3.63, 3.8) is 0 Å². The summed E-state index contributed by atoms with van der Waals surface area (Å²) in [6.07, 6.45) is 0. The maximum Gasteiger partial charge on any atom is 0.341 e. The summed E-state index contributed by atoms with van der Waals surface area (Å²) in [7, 11) is 0. The zero-order valence-electron chi connectivity index (χ0n) is 11.1. The van der Waals surface area contributed by atoms with Crippen LogP contribution in [0.4, 0.5) is 10.1 Å². The van der Waals surface area contributed by atoms with E-state index in [0.29, 0.717) is 5.75 Å². The van der Waals surface area contributed by atoms with Crippen molar-refractivity contribution in [2.75, 3.05) is 5.73 Å². The maximum absolute atomic E-state index is 13.4. The molecule has 0 saturated heterocycles. The van der Waals surface area contributed by atoms with Gasteiger partial charge in [0.25, 0.3) is 0 Å². The Morgan fingerprint density at radius 1 is 1.20 bits per heavy atom. The van der Waals surface area contributed by atoms with E-state index in [1.54, 1.807) is 6.07 Å². The molecule has 0 fully saturated rings. The zero-order chi connectivity index (χ0) is 14.9. The van der Waals surface area contributed by atoms with Gasteiger partial charge < -0.3 is 15.6 Å². The molecule has 0 saturated carbocycles. The molecule has 3 N–H and O–H groups in total. The lowest BCUT2D eigenvalue weighted by Crippen LogP contribution is -2.07. The molecule has 0 unspecified atom stereocenters. The van der Waals surface area contributed by atoms with E-state index in [0.717, 1.165) is 17.2 Å². The van der Waals surface area contributed by atoms with Crippen LogP contribution >= 0.6 is 0 Å². The predicted octanol–water partition coefficient (Wildman–Crippen LogP) is 3.52. The van der Waals surface area contributed by atoms with Crippen LogP contribution in [0.3, 0.4) is 0 Å². The molecule has 0 amide bonds. The average Bonchev–Trinajstić information content (AvgIpc) is 2.38. The number of aryl methyl sites for hydroxylation is 2. The van der Waals surface area contributed by atoms with Crippen LogP contribution in [0.5, 0.6) is 11.5 Å². The van der Waals surface area contributed by atoms with E-state index >= 15 is 0 Å². The Hall–Kier alpha value is -2.56. The molecule has 2 aromatic carbocycles. The first-order valence-electron chi connectivity index (χ1n) is 5.96. The third-order valence-electron chi connectivity index (χ3n) is 2.93. The second-order valence-corrected chi connectivity index (χ2v) is 4.51. The van der Waals surface area contributed by atoms with Crippen LogP contribution < -0.4 is 10.5 Å². The van der Waals surface area contributed by atoms with Crippen LogP contribution in [0.15, 0.2) is 30.3 Å². The third-order valence-corrected chi connectivity index (χ3v) is 2.93. The number of carboxylic acid groups (broad SMARTS) is 1. The van der Waals surface area contributed by atoms with Gasteiger partial charge in [-0.3, -0.25) is 0 Å². The van der Waals surface area contributed by atoms with Crippen molar-refractivity contribution in [2.45, 2.75) is 13.8 Å². The van der Waals surface area contributed by atoms with Crippen LogP contribution in [-0.2, 0) is 0 Å². The van der Waals surface area contributed by atoms with Gasteiger partial charge in [0.1, 0.15) is 22.9 Å².